The van der Waals surface area contributed by atoms with Crippen LogP contribution >= 0.6 is 11.3 Å². The number of thiophene rings is 1. The molecule has 2 amide bonds. The van der Waals surface area contributed by atoms with Crippen LogP contribution in [-0.4, -0.2) is 28.7 Å². The third-order valence-corrected chi connectivity index (χ3v) is 7.76. The Balaban J connectivity index is 1.74. The van der Waals surface area contributed by atoms with Gasteiger partial charge in [0.05, 0.1) is 19.3 Å². The fourth-order valence-corrected chi connectivity index (χ4v) is 5.22. The van der Waals surface area contributed by atoms with Crippen LogP contribution in [0.4, 0.5) is 18.0 Å². The predicted octanol–water partition coefficient (Wildman–Crippen LogP) is 8.78. The molecule has 1 aliphatic heterocycles. The van der Waals surface area contributed by atoms with Crippen molar-refractivity contribution in [2.75, 3.05) is 7.11 Å². The summed E-state index contributed by atoms with van der Waals surface area (Å²) in [5.74, 6) is 0.983. The summed E-state index contributed by atoms with van der Waals surface area (Å²) in [5.41, 5.74) is 2.93. The number of aliphatic imine (C=N–C) groups is 1. The van der Waals surface area contributed by atoms with Gasteiger partial charge >= 0.3 is 12.2 Å². The number of halogens is 3. The molecule has 2 aromatic rings. The van der Waals surface area contributed by atoms with Crippen LogP contribution in [0.15, 0.2) is 53.7 Å². The molecule has 38 heavy (non-hydrogen) atoms. The standard InChI is InChI=1S/C29H36F3N3O2S/c1-5-9-22(24-11-7-12-27(33-24)37-4)14-13-21(6-2)18-25-20(3)10-8-17-35(28(36)34-25)19-23-15-16-26(38-23)29(30,31)32/h7-8,11-12,14-17,20-21H,5-6,9-10,13,18-19H2,1-4H3/b17-8?,22-14+,34-25?. The first-order valence-corrected chi connectivity index (χ1v) is 13.9. The summed E-state index contributed by atoms with van der Waals surface area (Å²) >= 11 is 0.656. The van der Waals surface area contributed by atoms with E-state index in [9.17, 15) is 18.0 Å². The third kappa shape index (κ3) is 8.28. The highest BCUT2D eigenvalue weighted by molar-refractivity contribution is 7.12. The Kier molecular flexibility index (Phi) is 10.7. The van der Waals surface area contributed by atoms with Gasteiger partial charge < -0.3 is 4.74 Å². The Labute approximate surface area is 227 Å². The van der Waals surface area contributed by atoms with Crippen LogP contribution in [-0.2, 0) is 12.7 Å². The van der Waals surface area contributed by atoms with E-state index >= 15 is 0 Å². The number of methoxy groups -OCH3 is 1. The van der Waals surface area contributed by atoms with Crippen LogP contribution in [0.5, 0.6) is 5.88 Å². The molecule has 0 saturated carbocycles. The summed E-state index contributed by atoms with van der Waals surface area (Å²) < 4.78 is 44.3. The van der Waals surface area contributed by atoms with E-state index in [1.165, 1.54) is 16.5 Å². The Hall–Kier alpha value is -2.94. The monoisotopic (exact) mass is 547 g/mol. The van der Waals surface area contributed by atoms with Crippen molar-refractivity contribution in [2.24, 2.45) is 16.8 Å². The number of nitrogens with zero attached hydrogens (tertiary/aromatic N) is 3. The van der Waals surface area contributed by atoms with Crippen molar-refractivity contribution in [3.8, 4) is 5.88 Å². The number of pyridine rings is 1. The van der Waals surface area contributed by atoms with Gasteiger partial charge in [0.1, 0.15) is 4.88 Å². The summed E-state index contributed by atoms with van der Waals surface area (Å²) in [6.45, 7) is 6.40. The molecule has 0 saturated heterocycles. The molecule has 2 aromatic heterocycles. The number of allylic oxidation sites excluding steroid dienone is 3. The molecular weight excluding hydrogens is 511 g/mol. The van der Waals surface area contributed by atoms with E-state index in [-0.39, 0.29) is 12.5 Å². The van der Waals surface area contributed by atoms with Crippen LogP contribution < -0.4 is 4.74 Å². The van der Waals surface area contributed by atoms with Gasteiger partial charge in [-0.05, 0) is 61.3 Å². The van der Waals surface area contributed by atoms with Crippen LogP contribution in [0.3, 0.4) is 0 Å². The molecule has 2 atom stereocenters. The summed E-state index contributed by atoms with van der Waals surface area (Å²) in [6.07, 6.45) is 6.47. The van der Waals surface area contributed by atoms with Crippen molar-refractivity contribution in [1.82, 2.24) is 9.88 Å². The SMILES string of the molecule is CCC/C(=C\CC(CC)CC1=NC(=O)N(Cc2ccc(C(F)(F)F)s2)C=CCC1C)c1cccc(OC)n1. The highest BCUT2D eigenvalue weighted by Crippen LogP contribution is 2.35. The van der Waals surface area contributed by atoms with Crippen LogP contribution in [0.2, 0.25) is 0 Å². The molecule has 0 aliphatic carbocycles. The Morgan fingerprint density at radius 1 is 1.26 bits per heavy atom. The first-order valence-electron chi connectivity index (χ1n) is 13.1. The molecule has 0 fully saturated rings. The normalized spacial score (nSPS) is 17.7. The first-order chi connectivity index (χ1) is 18.1. The molecule has 3 rings (SSSR count). The fraction of sp³-hybridized carbons (Fsp3) is 0.483. The molecular formula is C29H36F3N3O2S. The first kappa shape index (κ1) is 29.6. The minimum atomic E-state index is -4.39. The average molecular weight is 548 g/mol. The second kappa shape index (κ2) is 13.7. The van der Waals surface area contributed by atoms with Crippen LogP contribution in [0.1, 0.15) is 74.7 Å². The minimum absolute atomic E-state index is 0.0646. The minimum Gasteiger partial charge on any atom is -0.481 e. The maximum Gasteiger partial charge on any atom is 0.425 e. The topological polar surface area (TPSA) is 54.8 Å². The Morgan fingerprint density at radius 3 is 2.71 bits per heavy atom. The number of alkyl halides is 3. The molecule has 0 bridgehead atoms. The number of hydrogen-bond acceptors (Lipinski definition) is 4. The van der Waals surface area contributed by atoms with Crippen molar-refractivity contribution in [3.63, 3.8) is 0 Å². The Morgan fingerprint density at radius 2 is 2.05 bits per heavy atom. The van der Waals surface area contributed by atoms with Crippen molar-refractivity contribution in [1.29, 1.82) is 0 Å². The van der Waals surface area contributed by atoms with Crippen LogP contribution in [0, 0.1) is 11.8 Å². The molecule has 5 nitrogen and oxygen atoms in total. The van der Waals surface area contributed by atoms with Crippen molar-refractivity contribution in [3.05, 3.63) is 64.1 Å². The largest absolute Gasteiger partial charge is 0.481 e. The number of hydrogen-bond donors (Lipinski definition) is 0. The van der Waals surface area contributed by atoms with Gasteiger partial charge in [-0.2, -0.15) is 13.2 Å². The summed E-state index contributed by atoms with van der Waals surface area (Å²) in [7, 11) is 1.61. The molecule has 3 heterocycles. The molecule has 1 aliphatic rings. The fourth-order valence-electron chi connectivity index (χ4n) is 4.35. The number of aromatic nitrogens is 1. The van der Waals surface area contributed by atoms with Gasteiger partial charge in [0, 0.05) is 22.9 Å². The lowest BCUT2D eigenvalue weighted by Crippen LogP contribution is -2.27. The van der Waals surface area contributed by atoms with Crippen LogP contribution in [0.25, 0.3) is 5.57 Å². The summed E-state index contributed by atoms with van der Waals surface area (Å²) in [4.78, 5) is 23.3. The lowest BCUT2D eigenvalue weighted by molar-refractivity contribution is -0.134. The number of amides is 2. The number of carbonyl (C=O) groups is 1. The molecule has 0 spiro atoms. The van der Waals surface area contributed by atoms with Gasteiger partial charge in [0.2, 0.25) is 5.88 Å². The van der Waals surface area contributed by atoms with Gasteiger partial charge in [-0.3, -0.25) is 4.90 Å². The number of carbonyl (C=O) groups excluding carboxylic acids is 1. The second-order valence-electron chi connectivity index (χ2n) is 9.56. The maximum atomic E-state index is 13.0. The molecule has 206 valence electrons. The van der Waals surface area contributed by atoms with Gasteiger partial charge in [0.25, 0.3) is 0 Å². The smallest absolute Gasteiger partial charge is 0.425 e. The second-order valence-corrected chi connectivity index (χ2v) is 10.7. The predicted molar refractivity (Wildman–Crippen MR) is 147 cm³/mol. The zero-order valence-electron chi connectivity index (χ0n) is 22.4. The average Bonchev–Trinajstić information content (AvgIpc) is 3.37. The van der Waals surface area contributed by atoms with E-state index in [0.29, 0.717) is 40.9 Å². The van der Waals surface area contributed by atoms with Gasteiger partial charge in [0.15, 0.2) is 0 Å². The quantitative estimate of drug-likeness (QED) is 0.283. The van der Waals surface area contributed by atoms with E-state index < -0.39 is 17.1 Å². The van der Waals surface area contributed by atoms with Gasteiger partial charge in [-0.25, -0.2) is 14.8 Å². The lowest BCUT2D eigenvalue weighted by atomic mass is 9.88. The van der Waals surface area contributed by atoms with E-state index in [2.05, 4.69) is 36.8 Å². The van der Waals surface area contributed by atoms with Crippen molar-refractivity contribution < 1.29 is 22.7 Å². The molecule has 0 radical (unpaired) electrons. The Bertz CT molecular complexity index is 1170. The maximum absolute atomic E-state index is 13.0. The number of urea groups is 1. The van der Waals surface area contributed by atoms with Gasteiger partial charge in [-0.15, -0.1) is 11.3 Å². The highest BCUT2D eigenvalue weighted by atomic mass is 32.1. The van der Waals surface area contributed by atoms with E-state index in [0.717, 1.165) is 43.2 Å². The lowest BCUT2D eigenvalue weighted by Gasteiger charge is -2.23. The molecule has 0 aromatic carbocycles. The highest BCUT2D eigenvalue weighted by Gasteiger charge is 2.32. The van der Waals surface area contributed by atoms with Crippen molar-refractivity contribution in [2.45, 2.75) is 72.0 Å². The van der Waals surface area contributed by atoms with E-state index in [1.54, 1.807) is 13.3 Å². The summed E-state index contributed by atoms with van der Waals surface area (Å²) in [6, 6.07) is 7.81. The number of rotatable bonds is 11. The number of ether oxygens (including phenoxy) is 1. The van der Waals surface area contributed by atoms with Crippen molar-refractivity contribution >= 4 is 28.7 Å². The molecule has 9 heteroatoms. The summed E-state index contributed by atoms with van der Waals surface area (Å²) in [5, 5.41) is 0. The van der Waals surface area contributed by atoms with Gasteiger partial charge in [-0.1, -0.05) is 51.8 Å². The van der Waals surface area contributed by atoms with E-state index in [4.69, 9.17) is 4.74 Å². The zero-order chi connectivity index (χ0) is 27.7. The molecule has 2 unspecified atom stereocenters. The zero-order valence-corrected chi connectivity index (χ0v) is 23.2. The third-order valence-electron chi connectivity index (χ3n) is 6.65. The van der Waals surface area contributed by atoms with E-state index in [1.807, 2.05) is 24.3 Å². The molecule has 0 N–H and O–H groups in total.